The molecule has 120 valence electrons. The molecule has 1 N–H and O–H groups in total. The van der Waals surface area contributed by atoms with E-state index >= 15 is 0 Å². The van der Waals surface area contributed by atoms with E-state index in [0.717, 1.165) is 32.2 Å². The van der Waals surface area contributed by atoms with E-state index in [0.29, 0.717) is 12.3 Å². The Balaban J connectivity index is 1.91. The lowest BCUT2D eigenvalue weighted by Gasteiger charge is -2.51. The summed E-state index contributed by atoms with van der Waals surface area (Å²) < 4.78 is 0. The molecule has 0 radical (unpaired) electrons. The topological polar surface area (TPSA) is 40.5 Å². The van der Waals surface area contributed by atoms with Crippen LogP contribution >= 0.6 is 0 Å². The normalized spacial score (nSPS) is 37.7. The number of terminal acetylenes is 1. The highest BCUT2D eigenvalue weighted by atomic mass is 16.3. The summed E-state index contributed by atoms with van der Waals surface area (Å²) in [5.74, 6) is 3.60. The summed E-state index contributed by atoms with van der Waals surface area (Å²) in [6, 6.07) is 5.77. The van der Waals surface area contributed by atoms with Gasteiger partial charge >= 0.3 is 0 Å². The van der Waals surface area contributed by atoms with Crippen molar-refractivity contribution in [2.45, 2.75) is 44.9 Å². The van der Waals surface area contributed by atoms with E-state index in [1.54, 1.807) is 13.0 Å². The van der Waals surface area contributed by atoms with E-state index in [9.17, 15) is 9.90 Å². The van der Waals surface area contributed by atoms with Gasteiger partial charge in [0.25, 0.3) is 0 Å². The number of aromatic hydroxyl groups is 1. The van der Waals surface area contributed by atoms with Crippen LogP contribution in [-0.2, 0) is 16.6 Å². The number of phenolic OH excluding ortho intramolecular Hbond substituents is 1. The van der Waals surface area contributed by atoms with Gasteiger partial charge in [0, 0.05) is 30.8 Å². The van der Waals surface area contributed by atoms with Crippen LogP contribution in [0, 0.1) is 23.2 Å². The first kappa shape index (κ1) is 14.6. The molecule has 4 rings (SSSR count). The van der Waals surface area contributed by atoms with Gasteiger partial charge in [-0.3, -0.25) is 4.79 Å². The zero-order chi connectivity index (χ0) is 16.5. The van der Waals surface area contributed by atoms with Gasteiger partial charge in [0.1, 0.15) is 5.75 Å². The van der Waals surface area contributed by atoms with Crippen LogP contribution in [0.2, 0.25) is 0 Å². The molecule has 0 bridgehead atoms. The van der Waals surface area contributed by atoms with Crippen LogP contribution in [0.3, 0.4) is 0 Å². The van der Waals surface area contributed by atoms with E-state index in [-0.39, 0.29) is 22.2 Å². The van der Waals surface area contributed by atoms with Crippen LogP contribution in [0.4, 0.5) is 0 Å². The molecule has 0 aromatic heterocycles. The fraction of sp³-hybridized carbons (Fsp3) is 0.550. The molecule has 1 saturated heterocycles. The average Bonchev–Trinajstić information content (AvgIpc) is 2.97. The van der Waals surface area contributed by atoms with Gasteiger partial charge in [-0.2, -0.15) is 0 Å². The molecule has 2 fully saturated rings. The van der Waals surface area contributed by atoms with Gasteiger partial charge in [0.05, 0.1) is 5.41 Å². The summed E-state index contributed by atoms with van der Waals surface area (Å²) >= 11 is 0. The Labute approximate surface area is 137 Å². The second-order valence-corrected chi connectivity index (χ2v) is 7.86. The van der Waals surface area contributed by atoms with Crippen molar-refractivity contribution in [3.05, 3.63) is 29.3 Å². The van der Waals surface area contributed by atoms with Gasteiger partial charge in [-0.1, -0.05) is 18.9 Å². The first-order chi connectivity index (χ1) is 10.9. The summed E-state index contributed by atoms with van der Waals surface area (Å²) in [6.07, 6.45) is 10.0. The lowest BCUT2D eigenvalue weighted by Crippen LogP contribution is -2.51. The molecule has 1 saturated carbocycles. The Hall–Kier alpha value is -1.95. The third kappa shape index (κ3) is 1.54. The van der Waals surface area contributed by atoms with Crippen LogP contribution in [0.1, 0.15) is 44.2 Å². The van der Waals surface area contributed by atoms with Crippen molar-refractivity contribution in [3.8, 4) is 18.1 Å². The van der Waals surface area contributed by atoms with Crippen molar-refractivity contribution in [1.82, 2.24) is 4.90 Å². The number of nitrogens with zero attached hydrogens (tertiary/aromatic N) is 1. The number of fused-ring (bicyclic) bond motifs is 2. The number of likely N-dealkylation sites (tertiary alicyclic amines) is 1. The van der Waals surface area contributed by atoms with Crippen molar-refractivity contribution >= 4 is 5.91 Å². The Morgan fingerprint density at radius 3 is 2.78 bits per heavy atom. The van der Waals surface area contributed by atoms with Crippen molar-refractivity contribution in [2.75, 3.05) is 13.1 Å². The number of rotatable bonds is 0. The smallest absolute Gasteiger partial charge is 0.219 e. The summed E-state index contributed by atoms with van der Waals surface area (Å²) in [5, 5.41) is 9.82. The molecule has 3 atom stereocenters. The Morgan fingerprint density at radius 1 is 1.30 bits per heavy atom. The lowest BCUT2D eigenvalue weighted by molar-refractivity contribution is -0.128. The molecule has 3 aliphatic rings. The predicted octanol–water partition coefficient (Wildman–Crippen LogP) is 2.86. The minimum Gasteiger partial charge on any atom is -0.508 e. The Bertz CT molecular complexity index is 748. The van der Waals surface area contributed by atoms with E-state index in [4.69, 9.17) is 6.42 Å². The third-order valence-corrected chi connectivity index (χ3v) is 7.17. The highest BCUT2D eigenvalue weighted by Gasteiger charge is 2.70. The summed E-state index contributed by atoms with van der Waals surface area (Å²) in [4.78, 5) is 14.0. The minimum absolute atomic E-state index is 0.0230. The largest absolute Gasteiger partial charge is 0.508 e. The molecular weight excluding hydrogens is 286 g/mol. The van der Waals surface area contributed by atoms with Crippen molar-refractivity contribution in [3.63, 3.8) is 0 Å². The van der Waals surface area contributed by atoms with E-state index in [1.165, 1.54) is 11.1 Å². The molecule has 3 heteroatoms. The first-order valence-electron chi connectivity index (χ1n) is 8.43. The third-order valence-electron chi connectivity index (χ3n) is 7.17. The number of hydrogen-bond acceptors (Lipinski definition) is 2. The van der Waals surface area contributed by atoms with Gasteiger partial charge in [0.2, 0.25) is 5.91 Å². The number of benzene rings is 1. The molecule has 1 aromatic carbocycles. The molecule has 1 aromatic rings. The van der Waals surface area contributed by atoms with E-state index in [2.05, 4.69) is 18.9 Å². The van der Waals surface area contributed by atoms with E-state index < -0.39 is 0 Å². The van der Waals surface area contributed by atoms with Gasteiger partial charge < -0.3 is 10.0 Å². The standard InChI is InChI=1S/C20H23NO2/c1-4-19-10-9-18(3)17-6-5-16(23)11-15(17)7-8-20(18,19)13-21(12-19)14(2)22/h1,5-6,11,23H,7-10,12-13H2,2-3H3/t18-,19+,20+/m0/s1. The van der Waals surface area contributed by atoms with Crippen molar-refractivity contribution < 1.29 is 9.90 Å². The number of carbonyl (C=O) groups is 1. The van der Waals surface area contributed by atoms with Gasteiger partial charge in [0.15, 0.2) is 0 Å². The molecule has 1 amide bonds. The number of amides is 1. The average molecular weight is 309 g/mol. The highest BCUT2D eigenvalue weighted by Crippen LogP contribution is 2.70. The molecule has 3 nitrogen and oxygen atoms in total. The highest BCUT2D eigenvalue weighted by molar-refractivity contribution is 5.74. The second-order valence-electron chi connectivity index (χ2n) is 7.86. The maximum atomic E-state index is 12.0. The predicted molar refractivity (Wildman–Crippen MR) is 89.0 cm³/mol. The quantitative estimate of drug-likeness (QED) is 0.749. The van der Waals surface area contributed by atoms with Gasteiger partial charge in [-0.05, 0) is 48.9 Å². The zero-order valence-corrected chi connectivity index (χ0v) is 13.9. The lowest BCUT2D eigenvalue weighted by atomic mass is 9.51. The monoisotopic (exact) mass is 309 g/mol. The fourth-order valence-corrected chi connectivity index (χ4v) is 5.87. The van der Waals surface area contributed by atoms with Crippen LogP contribution in [-0.4, -0.2) is 29.0 Å². The maximum absolute atomic E-state index is 12.0. The molecule has 23 heavy (non-hydrogen) atoms. The minimum atomic E-state index is -0.205. The zero-order valence-electron chi connectivity index (χ0n) is 13.9. The van der Waals surface area contributed by atoms with Gasteiger partial charge in [-0.15, -0.1) is 6.42 Å². The molecule has 2 aliphatic carbocycles. The SMILES string of the molecule is C#C[C@]12CC[C@@]3(C)c4ccc(O)cc4CC[C@]13CN(C(C)=O)C2. The summed E-state index contributed by atoms with van der Waals surface area (Å²) in [5.41, 5.74) is 2.30. The molecule has 1 spiro atoms. The molecular formula is C20H23NO2. The number of phenols is 1. The molecule has 0 unspecified atom stereocenters. The molecule has 1 aliphatic heterocycles. The summed E-state index contributed by atoms with van der Waals surface area (Å²) in [6.45, 7) is 5.43. The van der Waals surface area contributed by atoms with Gasteiger partial charge in [-0.25, -0.2) is 0 Å². The number of carbonyl (C=O) groups excluding carboxylic acids is 1. The number of aryl methyl sites for hydroxylation is 1. The molecule has 1 heterocycles. The Kier molecular flexibility index (Phi) is 2.75. The van der Waals surface area contributed by atoms with E-state index in [1.807, 2.05) is 11.0 Å². The van der Waals surface area contributed by atoms with Crippen molar-refractivity contribution in [1.29, 1.82) is 0 Å². The van der Waals surface area contributed by atoms with Crippen LogP contribution < -0.4 is 0 Å². The van der Waals surface area contributed by atoms with Crippen LogP contribution in [0.25, 0.3) is 0 Å². The van der Waals surface area contributed by atoms with Crippen LogP contribution in [0.5, 0.6) is 5.75 Å². The summed E-state index contributed by atoms with van der Waals surface area (Å²) in [7, 11) is 0. The van der Waals surface area contributed by atoms with Crippen LogP contribution in [0.15, 0.2) is 18.2 Å². The first-order valence-corrected chi connectivity index (χ1v) is 8.43. The second kappa shape index (κ2) is 4.32. The maximum Gasteiger partial charge on any atom is 0.219 e. The van der Waals surface area contributed by atoms with Crippen molar-refractivity contribution in [2.24, 2.45) is 10.8 Å². The number of hydrogen-bond donors (Lipinski definition) is 1. The fourth-order valence-electron chi connectivity index (χ4n) is 5.87. The Morgan fingerprint density at radius 2 is 2.09 bits per heavy atom.